The van der Waals surface area contributed by atoms with Crippen molar-refractivity contribution in [1.82, 2.24) is 0 Å². The molecule has 0 amide bonds. The van der Waals surface area contributed by atoms with Gasteiger partial charge in [0.25, 0.3) is 5.69 Å². The molecule has 5 nitrogen and oxygen atoms in total. The summed E-state index contributed by atoms with van der Waals surface area (Å²) in [5.74, 6) is -6.33. The maximum atomic E-state index is 14.2. The van der Waals surface area contributed by atoms with Crippen molar-refractivity contribution in [2.24, 2.45) is 0 Å². The van der Waals surface area contributed by atoms with Crippen LogP contribution in [0.3, 0.4) is 0 Å². The fourth-order valence-corrected chi connectivity index (χ4v) is 2.22. The number of Topliss-reactive ketones (excluding diaryl/α,β-unsaturated/α-hetero) is 1. The molecule has 2 aromatic rings. The SMILES string of the molecule is N#CC(CC(F)(F)C(=O)c1ccccc1)c1ccc([N+](=O)[O-])cc1. The number of nitrogens with zero attached hydrogens (tertiary/aromatic N) is 2. The van der Waals surface area contributed by atoms with Crippen LogP contribution in [0.4, 0.5) is 14.5 Å². The van der Waals surface area contributed by atoms with Crippen molar-refractivity contribution in [1.29, 1.82) is 5.26 Å². The third kappa shape index (κ3) is 3.79. The molecule has 0 aromatic heterocycles. The minimum absolute atomic E-state index is 0.136. The molecule has 2 rings (SSSR count). The Kier molecular flexibility index (Phi) is 4.99. The predicted octanol–water partition coefficient (Wildman–Crippen LogP) is 4.11. The summed E-state index contributed by atoms with van der Waals surface area (Å²) in [6.45, 7) is 0. The molecule has 0 aliphatic carbocycles. The summed E-state index contributed by atoms with van der Waals surface area (Å²) in [5, 5.41) is 19.7. The molecule has 7 heteroatoms. The Hall–Kier alpha value is -3.14. The number of alkyl halides is 2. The second kappa shape index (κ2) is 6.96. The molecular weight excluding hydrogens is 318 g/mol. The van der Waals surface area contributed by atoms with Gasteiger partial charge >= 0.3 is 5.92 Å². The lowest BCUT2D eigenvalue weighted by atomic mass is 9.90. The van der Waals surface area contributed by atoms with Gasteiger partial charge in [-0.25, -0.2) is 0 Å². The topological polar surface area (TPSA) is 84.0 Å². The quantitative estimate of drug-likeness (QED) is 0.453. The maximum absolute atomic E-state index is 14.2. The molecule has 0 aliphatic rings. The number of carbonyl (C=O) groups is 1. The fourth-order valence-electron chi connectivity index (χ4n) is 2.22. The summed E-state index contributed by atoms with van der Waals surface area (Å²) in [7, 11) is 0. The highest BCUT2D eigenvalue weighted by Crippen LogP contribution is 2.33. The zero-order valence-corrected chi connectivity index (χ0v) is 12.4. The predicted molar refractivity (Wildman–Crippen MR) is 81.8 cm³/mol. The molecule has 0 N–H and O–H groups in total. The number of hydrogen-bond acceptors (Lipinski definition) is 4. The fraction of sp³-hybridized carbons (Fsp3) is 0.176. The van der Waals surface area contributed by atoms with Crippen molar-refractivity contribution in [3.63, 3.8) is 0 Å². The number of carbonyl (C=O) groups excluding carboxylic acids is 1. The zero-order valence-electron chi connectivity index (χ0n) is 12.4. The smallest absolute Gasteiger partial charge is 0.287 e. The van der Waals surface area contributed by atoms with Gasteiger partial charge in [-0.15, -0.1) is 0 Å². The van der Waals surface area contributed by atoms with E-state index in [-0.39, 0.29) is 16.8 Å². The molecule has 0 saturated carbocycles. The number of nitriles is 1. The molecular formula is C17H12F2N2O3. The summed E-state index contributed by atoms with van der Waals surface area (Å²) in [5.41, 5.74) is -0.144. The second-order valence-electron chi connectivity index (χ2n) is 5.13. The number of rotatable bonds is 6. The number of ketones is 1. The van der Waals surface area contributed by atoms with Crippen molar-refractivity contribution < 1.29 is 18.5 Å². The van der Waals surface area contributed by atoms with Gasteiger partial charge in [0.15, 0.2) is 0 Å². The van der Waals surface area contributed by atoms with E-state index >= 15 is 0 Å². The molecule has 122 valence electrons. The average Bonchev–Trinajstić information content (AvgIpc) is 2.60. The number of benzene rings is 2. The van der Waals surface area contributed by atoms with E-state index in [1.807, 2.05) is 0 Å². The highest BCUT2D eigenvalue weighted by atomic mass is 19.3. The van der Waals surface area contributed by atoms with Gasteiger partial charge in [-0.3, -0.25) is 14.9 Å². The van der Waals surface area contributed by atoms with Crippen molar-refractivity contribution in [3.8, 4) is 6.07 Å². The van der Waals surface area contributed by atoms with Gasteiger partial charge in [0.1, 0.15) is 0 Å². The number of nitro benzene ring substituents is 1. The van der Waals surface area contributed by atoms with E-state index < -0.39 is 29.0 Å². The third-order valence-electron chi connectivity index (χ3n) is 3.49. The first-order valence-electron chi connectivity index (χ1n) is 6.97. The minimum Gasteiger partial charge on any atom is -0.287 e. The van der Waals surface area contributed by atoms with Gasteiger partial charge in [-0.1, -0.05) is 42.5 Å². The van der Waals surface area contributed by atoms with E-state index in [0.29, 0.717) is 0 Å². The molecule has 0 aliphatic heterocycles. The van der Waals surface area contributed by atoms with Crippen molar-refractivity contribution in [2.75, 3.05) is 0 Å². The van der Waals surface area contributed by atoms with Gasteiger partial charge in [-0.2, -0.15) is 14.0 Å². The summed E-state index contributed by atoms with van der Waals surface area (Å²) in [4.78, 5) is 21.9. The van der Waals surface area contributed by atoms with Crippen LogP contribution in [0.15, 0.2) is 54.6 Å². The van der Waals surface area contributed by atoms with Crippen LogP contribution in [0, 0.1) is 21.4 Å². The van der Waals surface area contributed by atoms with Crippen LogP contribution in [0.1, 0.15) is 28.3 Å². The Morgan fingerprint density at radius 2 is 1.75 bits per heavy atom. The Labute approximate surface area is 136 Å². The first-order chi connectivity index (χ1) is 11.3. The van der Waals surface area contributed by atoms with Crippen LogP contribution in [0.2, 0.25) is 0 Å². The van der Waals surface area contributed by atoms with Crippen LogP contribution < -0.4 is 0 Å². The summed E-state index contributed by atoms with van der Waals surface area (Å²) in [6, 6.07) is 13.6. The van der Waals surface area contributed by atoms with Gasteiger partial charge in [0, 0.05) is 24.1 Å². The standard InChI is InChI=1S/C17H12F2N2O3/c18-17(19,16(22)13-4-2-1-3-5-13)10-14(11-20)12-6-8-15(9-7-12)21(23)24/h1-9,14H,10H2. The van der Waals surface area contributed by atoms with E-state index in [0.717, 1.165) is 12.1 Å². The third-order valence-corrected chi connectivity index (χ3v) is 3.49. The first-order valence-corrected chi connectivity index (χ1v) is 6.97. The van der Waals surface area contributed by atoms with Crippen LogP contribution in [0.5, 0.6) is 0 Å². The number of non-ortho nitro benzene ring substituents is 1. The zero-order chi connectivity index (χ0) is 17.7. The lowest BCUT2D eigenvalue weighted by Crippen LogP contribution is -2.30. The molecule has 0 radical (unpaired) electrons. The Morgan fingerprint density at radius 3 is 2.25 bits per heavy atom. The highest BCUT2D eigenvalue weighted by Gasteiger charge is 2.41. The van der Waals surface area contributed by atoms with E-state index in [2.05, 4.69) is 0 Å². The summed E-state index contributed by atoms with van der Waals surface area (Å²) < 4.78 is 28.4. The Morgan fingerprint density at radius 1 is 1.17 bits per heavy atom. The Bertz CT molecular complexity index is 784. The second-order valence-corrected chi connectivity index (χ2v) is 5.13. The van der Waals surface area contributed by atoms with Crippen molar-refractivity contribution in [3.05, 3.63) is 75.8 Å². The van der Waals surface area contributed by atoms with E-state index in [4.69, 9.17) is 5.26 Å². The average molecular weight is 330 g/mol. The summed E-state index contributed by atoms with van der Waals surface area (Å²) in [6.07, 6.45) is -0.991. The lowest BCUT2D eigenvalue weighted by molar-refractivity contribution is -0.384. The number of halogens is 2. The lowest BCUT2D eigenvalue weighted by Gasteiger charge is -2.18. The first kappa shape index (κ1) is 17.2. The van der Waals surface area contributed by atoms with Crippen molar-refractivity contribution >= 4 is 11.5 Å². The molecule has 0 saturated heterocycles. The summed E-state index contributed by atoms with van der Waals surface area (Å²) >= 11 is 0. The van der Waals surface area contributed by atoms with Crippen LogP contribution in [-0.4, -0.2) is 16.6 Å². The normalized spacial score (nSPS) is 12.2. The molecule has 0 heterocycles. The Balaban J connectivity index is 2.21. The van der Waals surface area contributed by atoms with Gasteiger partial charge in [0.2, 0.25) is 5.78 Å². The molecule has 0 bridgehead atoms. The molecule has 1 unspecified atom stereocenters. The van der Waals surface area contributed by atoms with Crippen LogP contribution in [0.25, 0.3) is 0 Å². The molecule has 0 fully saturated rings. The highest BCUT2D eigenvalue weighted by molar-refractivity contribution is 6.01. The minimum atomic E-state index is -3.72. The van der Waals surface area contributed by atoms with Crippen molar-refractivity contribution in [2.45, 2.75) is 18.3 Å². The van der Waals surface area contributed by atoms with Gasteiger partial charge in [-0.05, 0) is 5.56 Å². The van der Waals surface area contributed by atoms with E-state index in [1.165, 1.54) is 36.4 Å². The van der Waals surface area contributed by atoms with E-state index in [1.54, 1.807) is 12.1 Å². The molecule has 24 heavy (non-hydrogen) atoms. The van der Waals surface area contributed by atoms with Gasteiger partial charge in [0.05, 0.1) is 16.9 Å². The monoisotopic (exact) mass is 330 g/mol. The van der Waals surface area contributed by atoms with E-state index in [9.17, 15) is 23.7 Å². The van der Waals surface area contributed by atoms with Crippen LogP contribution >= 0.6 is 0 Å². The largest absolute Gasteiger partial charge is 0.311 e. The number of nitro groups is 1. The number of hydrogen-bond donors (Lipinski definition) is 0. The molecule has 1 atom stereocenters. The molecule has 2 aromatic carbocycles. The molecule has 0 spiro atoms. The van der Waals surface area contributed by atoms with Gasteiger partial charge < -0.3 is 0 Å². The van der Waals surface area contributed by atoms with Crippen LogP contribution in [-0.2, 0) is 0 Å². The maximum Gasteiger partial charge on any atom is 0.311 e.